The van der Waals surface area contributed by atoms with E-state index in [4.69, 9.17) is 5.11 Å². The van der Waals surface area contributed by atoms with Crippen molar-refractivity contribution in [2.24, 2.45) is 23.2 Å². The van der Waals surface area contributed by atoms with Gasteiger partial charge in [0.15, 0.2) is 0 Å². The average Bonchev–Trinajstić information content (AvgIpc) is 2.59. The lowest BCUT2D eigenvalue weighted by Gasteiger charge is -2.43. The van der Waals surface area contributed by atoms with Crippen LogP contribution in [-0.4, -0.2) is 34.5 Å². The van der Waals surface area contributed by atoms with Crippen LogP contribution < -0.4 is 0 Å². The maximum atomic E-state index is 12.9. The molecule has 4 heteroatoms. The molecule has 0 spiro atoms. The van der Waals surface area contributed by atoms with Gasteiger partial charge >= 0.3 is 5.97 Å². The molecule has 5 aliphatic rings. The molecule has 22 heavy (non-hydrogen) atoms. The van der Waals surface area contributed by atoms with Crippen LogP contribution in [0, 0.1) is 23.2 Å². The number of amides is 1. The third kappa shape index (κ3) is 2.55. The monoisotopic (exact) mass is 305 g/mol. The Hall–Kier alpha value is -1.06. The molecule has 2 unspecified atom stereocenters. The summed E-state index contributed by atoms with van der Waals surface area (Å²) < 4.78 is 0. The van der Waals surface area contributed by atoms with Crippen LogP contribution in [0.15, 0.2) is 0 Å². The van der Waals surface area contributed by atoms with Gasteiger partial charge in [-0.15, -0.1) is 0 Å². The molecule has 0 aromatic carbocycles. The molecule has 1 N–H and O–H groups in total. The van der Waals surface area contributed by atoms with Crippen molar-refractivity contribution in [1.82, 2.24) is 4.90 Å². The highest BCUT2D eigenvalue weighted by Crippen LogP contribution is 2.50. The van der Waals surface area contributed by atoms with E-state index in [1.165, 1.54) is 32.1 Å². The van der Waals surface area contributed by atoms with Crippen LogP contribution in [0.4, 0.5) is 0 Å². The second-order valence-corrected chi connectivity index (χ2v) is 8.58. The molecule has 1 amide bonds. The fraction of sp³-hybridized carbons (Fsp3) is 0.889. The van der Waals surface area contributed by atoms with E-state index in [0.717, 1.165) is 37.6 Å². The first-order chi connectivity index (χ1) is 10.5. The molecular formula is C18H27NO3. The highest BCUT2D eigenvalue weighted by atomic mass is 16.4. The van der Waals surface area contributed by atoms with E-state index in [1.807, 2.05) is 0 Å². The van der Waals surface area contributed by atoms with Crippen molar-refractivity contribution in [3.63, 3.8) is 0 Å². The predicted octanol–water partition coefficient (Wildman–Crippen LogP) is 3.06. The van der Waals surface area contributed by atoms with Crippen molar-refractivity contribution in [1.29, 1.82) is 0 Å². The fourth-order valence-corrected chi connectivity index (χ4v) is 5.93. The molecule has 4 nitrogen and oxygen atoms in total. The molecular weight excluding hydrogens is 278 g/mol. The number of rotatable bonds is 4. The molecule has 2 aliphatic heterocycles. The Morgan fingerprint density at radius 2 is 1.59 bits per heavy atom. The Balaban J connectivity index is 1.47. The van der Waals surface area contributed by atoms with Crippen molar-refractivity contribution in [3.8, 4) is 0 Å². The Kier molecular flexibility index (Phi) is 3.46. The lowest BCUT2D eigenvalue weighted by atomic mass is 9.64. The highest BCUT2D eigenvalue weighted by Gasteiger charge is 2.47. The number of aliphatic carboxylic acids is 1. The first kappa shape index (κ1) is 14.5. The maximum absolute atomic E-state index is 12.9. The van der Waals surface area contributed by atoms with Gasteiger partial charge in [0.25, 0.3) is 0 Å². The summed E-state index contributed by atoms with van der Waals surface area (Å²) in [5.74, 6) is 1.90. The Morgan fingerprint density at radius 1 is 0.955 bits per heavy atom. The van der Waals surface area contributed by atoms with Crippen LogP contribution >= 0.6 is 0 Å². The minimum Gasteiger partial charge on any atom is -0.481 e. The van der Waals surface area contributed by atoms with E-state index in [1.54, 1.807) is 0 Å². The van der Waals surface area contributed by atoms with Gasteiger partial charge in [-0.3, -0.25) is 9.59 Å². The van der Waals surface area contributed by atoms with Crippen molar-refractivity contribution in [2.75, 3.05) is 6.54 Å². The minimum absolute atomic E-state index is 0.173. The molecule has 4 bridgehead atoms. The lowest BCUT2D eigenvalue weighted by molar-refractivity contribution is -0.145. The topological polar surface area (TPSA) is 57.6 Å². The maximum Gasteiger partial charge on any atom is 0.303 e. The van der Waals surface area contributed by atoms with Gasteiger partial charge in [-0.2, -0.15) is 0 Å². The smallest absolute Gasteiger partial charge is 0.303 e. The van der Waals surface area contributed by atoms with Crippen LogP contribution in [0.5, 0.6) is 0 Å². The molecule has 2 atom stereocenters. The zero-order chi connectivity index (χ0) is 15.3. The summed E-state index contributed by atoms with van der Waals surface area (Å²) in [6.45, 7) is 0.944. The van der Waals surface area contributed by atoms with E-state index < -0.39 is 5.97 Å². The number of carboxylic acid groups (broad SMARTS) is 1. The summed E-state index contributed by atoms with van der Waals surface area (Å²) in [7, 11) is 0. The number of carbonyl (C=O) groups excluding carboxylic acids is 1. The quantitative estimate of drug-likeness (QED) is 0.868. The largest absolute Gasteiger partial charge is 0.481 e. The normalized spacial score (nSPS) is 38.5. The standard InChI is InChI=1S/C18H27NO3/c20-16(9-18(2-1-3-18)10-17(21)22)19-11-14-5-12-4-13(6-14)8-15(19)7-12/h12-15H,1-11H2,(H,21,22). The first-order valence-electron chi connectivity index (χ1n) is 9.04. The molecule has 0 aromatic heterocycles. The third-order valence-electron chi connectivity index (χ3n) is 6.89. The van der Waals surface area contributed by atoms with Gasteiger partial charge < -0.3 is 10.0 Å². The minimum atomic E-state index is -0.747. The summed E-state index contributed by atoms with van der Waals surface area (Å²) in [5, 5.41) is 9.15. The Bertz CT molecular complexity index is 471. The van der Waals surface area contributed by atoms with Gasteiger partial charge in [-0.1, -0.05) is 6.42 Å². The van der Waals surface area contributed by atoms with Gasteiger partial charge in [0.1, 0.15) is 0 Å². The van der Waals surface area contributed by atoms with Crippen molar-refractivity contribution >= 4 is 11.9 Å². The SMILES string of the molecule is O=C(O)CC1(CC(=O)N2CC3CC4CC(C3)CC2C4)CCC1. The van der Waals surface area contributed by atoms with Crippen LogP contribution in [0.2, 0.25) is 0 Å². The molecule has 5 rings (SSSR count). The van der Waals surface area contributed by atoms with E-state index >= 15 is 0 Å². The highest BCUT2D eigenvalue weighted by molar-refractivity contribution is 5.79. The molecule has 0 aromatic rings. The van der Waals surface area contributed by atoms with Crippen LogP contribution in [0.1, 0.15) is 64.2 Å². The van der Waals surface area contributed by atoms with Crippen molar-refractivity contribution in [3.05, 3.63) is 0 Å². The van der Waals surface area contributed by atoms with Crippen molar-refractivity contribution in [2.45, 2.75) is 70.3 Å². The fourth-order valence-electron chi connectivity index (χ4n) is 5.93. The van der Waals surface area contributed by atoms with E-state index in [0.29, 0.717) is 18.4 Å². The molecule has 0 radical (unpaired) electrons. The van der Waals surface area contributed by atoms with Gasteiger partial charge in [-0.05, 0) is 68.1 Å². The molecule has 2 heterocycles. The summed E-state index contributed by atoms with van der Waals surface area (Å²) in [5.41, 5.74) is -0.230. The third-order valence-corrected chi connectivity index (χ3v) is 6.89. The first-order valence-corrected chi connectivity index (χ1v) is 9.04. The summed E-state index contributed by atoms with van der Waals surface area (Å²) in [6, 6.07) is 0.450. The molecule has 3 saturated carbocycles. The number of fused-ring (bicyclic) bond motifs is 1. The second kappa shape index (κ2) is 5.24. The number of hydrogen-bond acceptors (Lipinski definition) is 2. The van der Waals surface area contributed by atoms with Crippen LogP contribution in [0.3, 0.4) is 0 Å². The van der Waals surface area contributed by atoms with E-state index in [-0.39, 0.29) is 17.7 Å². The molecule has 5 fully saturated rings. The number of hydrogen-bond donors (Lipinski definition) is 1. The second-order valence-electron chi connectivity index (χ2n) is 8.58. The molecule has 122 valence electrons. The number of carboxylic acids is 1. The van der Waals surface area contributed by atoms with Crippen LogP contribution in [-0.2, 0) is 9.59 Å². The van der Waals surface area contributed by atoms with Gasteiger partial charge in [-0.25, -0.2) is 0 Å². The van der Waals surface area contributed by atoms with E-state index in [2.05, 4.69) is 4.90 Å². The predicted molar refractivity (Wildman–Crippen MR) is 82.2 cm³/mol. The summed E-state index contributed by atoms with van der Waals surface area (Å²) >= 11 is 0. The zero-order valence-corrected chi connectivity index (χ0v) is 13.3. The lowest BCUT2D eigenvalue weighted by Crippen LogP contribution is -2.45. The van der Waals surface area contributed by atoms with E-state index in [9.17, 15) is 9.59 Å². The number of carbonyl (C=O) groups is 2. The number of nitrogens with zero attached hydrogens (tertiary/aromatic N) is 1. The van der Waals surface area contributed by atoms with Gasteiger partial charge in [0, 0.05) is 19.0 Å². The Labute approximate surface area is 132 Å². The average molecular weight is 305 g/mol. The Morgan fingerprint density at radius 3 is 2.14 bits per heavy atom. The summed E-state index contributed by atoms with van der Waals surface area (Å²) in [4.78, 5) is 26.2. The molecule has 2 saturated heterocycles. The van der Waals surface area contributed by atoms with Gasteiger partial charge in [0.2, 0.25) is 5.91 Å². The zero-order valence-electron chi connectivity index (χ0n) is 13.3. The summed E-state index contributed by atoms with van der Waals surface area (Å²) in [6.07, 6.45) is 9.97. The molecule has 3 aliphatic carbocycles. The van der Waals surface area contributed by atoms with Crippen LogP contribution in [0.25, 0.3) is 0 Å². The van der Waals surface area contributed by atoms with Crippen molar-refractivity contribution < 1.29 is 14.7 Å². The van der Waals surface area contributed by atoms with Gasteiger partial charge in [0.05, 0.1) is 6.42 Å².